The fourth-order valence-electron chi connectivity index (χ4n) is 4.84. The number of H-pyrrole nitrogens is 1. The van der Waals surface area contributed by atoms with E-state index in [1.54, 1.807) is 18.3 Å². The van der Waals surface area contributed by atoms with Crippen molar-refractivity contribution in [2.75, 3.05) is 26.4 Å². The molecule has 0 spiro atoms. The molecule has 7 bridgehead atoms. The number of carboxylic acids is 1. The van der Waals surface area contributed by atoms with Crippen molar-refractivity contribution in [2.24, 2.45) is 0 Å². The summed E-state index contributed by atoms with van der Waals surface area (Å²) in [5.74, 6) is -0.708. The molecule has 0 aliphatic carbocycles. The molecule has 2 aromatic carbocycles. The number of rotatable bonds is 1. The number of nitrogens with one attached hydrogen (secondary N) is 1. The van der Waals surface area contributed by atoms with Crippen LogP contribution >= 0.6 is 0 Å². The summed E-state index contributed by atoms with van der Waals surface area (Å²) in [6.07, 6.45) is 2.08. The van der Waals surface area contributed by atoms with Crippen LogP contribution in [0.5, 0.6) is 5.75 Å². The maximum Gasteiger partial charge on any atom is 0.321 e. The first-order valence-electron chi connectivity index (χ1n) is 11.5. The van der Waals surface area contributed by atoms with Crippen molar-refractivity contribution in [3.05, 3.63) is 65.6 Å². The molecular weight excluding hydrogens is 451 g/mol. The summed E-state index contributed by atoms with van der Waals surface area (Å²) in [5.41, 5.74) is 5.28. The molecular formula is C26H23FN4O4. The van der Waals surface area contributed by atoms with Gasteiger partial charge in [-0.05, 0) is 47.9 Å². The Morgan fingerprint density at radius 2 is 2.03 bits per heavy atom. The third kappa shape index (κ3) is 4.02. The maximum absolute atomic E-state index is 14.7. The molecule has 0 saturated heterocycles. The molecule has 2 aliphatic heterocycles. The normalized spacial score (nSPS) is 19.8. The van der Waals surface area contributed by atoms with Crippen LogP contribution in [0.4, 0.5) is 4.39 Å². The Morgan fingerprint density at radius 1 is 1.11 bits per heavy atom. The van der Waals surface area contributed by atoms with E-state index in [1.165, 1.54) is 6.07 Å². The Balaban J connectivity index is 1.48. The highest BCUT2D eigenvalue weighted by Crippen LogP contribution is 2.34. The second kappa shape index (κ2) is 8.75. The van der Waals surface area contributed by atoms with Gasteiger partial charge in [-0.3, -0.25) is 19.8 Å². The third-order valence-corrected chi connectivity index (χ3v) is 6.67. The van der Waals surface area contributed by atoms with E-state index in [-0.39, 0.29) is 12.4 Å². The highest BCUT2D eigenvalue weighted by atomic mass is 19.1. The number of pyridine rings is 1. The van der Waals surface area contributed by atoms with E-state index in [0.29, 0.717) is 49.7 Å². The van der Waals surface area contributed by atoms with E-state index < -0.39 is 12.0 Å². The van der Waals surface area contributed by atoms with Crippen LogP contribution in [0.2, 0.25) is 0 Å². The van der Waals surface area contributed by atoms with Gasteiger partial charge in [0.25, 0.3) is 0 Å². The number of fused-ring (bicyclic) bond motifs is 7. The summed E-state index contributed by atoms with van der Waals surface area (Å²) in [5, 5.41) is 18.2. The second-order valence-electron chi connectivity index (χ2n) is 8.80. The lowest BCUT2D eigenvalue weighted by atomic mass is 9.91. The van der Waals surface area contributed by atoms with Crippen molar-refractivity contribution in [3.8, 4) is 28.3 Å². The number of benzene rings is 2. The van der Waals surface area contributed by atoms with Crippen molar-refractivity contribution in [1.82, 2.24) is 20.1 Å². The molecule has 0 radical (unpaired) electrons. The molecule has 2 aliphatic rings. The highest BCUT2D eigenvalue weighted by molar-refractivity contribution is 5.94. The van der Waals surface area contributed by atoms with Gasteiger partial charge in [-0.2, -0.15) is 5.10 Å². The minimum Gasteiger partial charge on any atom is -0.491 e. The number of carbonyl (C=O) groups is 1. The summed E-state index contributed by atoms with van der Waals surface area (Å²) < 4.78 is 26.2. The van der Waals surface area contributed by atoms with Crippen molar-refractivity contribution in [3.63, 3.8) is 0 Å². The first kappa shape index (κ1) is 21.7. The van der Waals surface area contributed by atoms with E-state index in [1.807, 2.05) is 23.1 Å². The lowest BCUT2D eigenvalue weighted by molar-refractivity contribution is -0.144. The number of nitrogens with zero attached hydrogens (tertiary/aromatic N) is 3. The SMILES string of the molecule is O=C(O)C1Cc2ccc3cc2CN1CCOCCOc1ccc(F)c(c1)-c1cc2c-3n[nH]c2cn1. The largest absolute Gasteiger partial charge is 0.491 e. The average molecular weight is 474 g/mol. The Bertz CT molecular complexity index is 1440. The van der Waals surface area contributed by atoms with Crippen molar-refractivity contribution < 1.29 is 23.8 Å². The first-order valence-corrected chi connectivity index (χ1v) is 11.5. The molecule has 35 heavy (non-hydrogen) atoms. The van der Waals surface area contributed by atoms with Crippen molar-refractivity contribution in [2.45, 2.75) is 19.0 Å². The highest BCUT2D eigenvalue weighted by Gasteiger charge is 2.31. The van der Waals surface area contributed by atoms with E-state index in [9.17, 15) is 14.3 Å². The topological polar surface area (TPSA) is 101 Å². The number of hydrogen-bond donors (Lipinski definition) is 2. The van der Waals surface area contributed by atoms with Gasteiger partial charge in [0.1, 0.15) is 29.9 Å². The average Bonchev–Trinajstić information content (AvgIpc) is 3.29. The monoisotopic (exact) mass is 474 g/mol. The van der Waals surface area contributed by atoms with E-state index in [0.717, 1.165) is 33.3 Å². The lowest BCUT2D eigenvalue weighted by Crippen LogP contribution is -2.46. The van der Waals surface area contributed by atoms with Crippen LogP contribution in [0.15, 0.2) is 48.7 Å². The zero-order valence-corrected chi connectivity index (χ0v) is 18.8. The smallest absolute Gasteiger partial charge is 0.321 e. The Labute approximate surface area is 200 Å². The summed E-state index contributed by atoms with van der Waals surface area (Å²) >= 11 is 0. The van der Waals surface area contributed by atoms with Crippen LogP contribution in [0.3, 0.4) is 0 Å². The molecule has 9 heteroatoms. The van der Waals surface area contributed by atoms with Gasteiger partial charge in [0.15, 0.2) is 0 Å². The predicted molar refractivity (Wildman–Crippen MR) is 127 cm³/mol. The molecule has 4 heterocycles. The van der Waals surface area contributed by atoms with Gasteiger partial charge in [0.05, 0.1) is 30.6 Å². The summed E-state index contributed by atoms with van der Waals surface area (Å²) in [7, 11) is 0. The van der Waals surface area contributed by atoms with Gasteiger partial charge in [-0.25, -0.2) is 4.39 Å². The Morgan fingerprint density at radius 3 is 2.91 bits per heavy atom. The standard InChI is InChI=1S/C26H23FN4O4/c27-21-4-3-18-11-19(21)22-12-20-23(13-28-22)29-30-25(20)16-2-1-15-10-24(26(32)33)31(14-17(15)9-16)5-6-34-7-8-35-18/h1-4,9,11-13,24H,5-8,10,14H2,(H,29,30)(H,32,33). The number of aromatic amines is 1. The van der Waals surface area contributed by atoms with Crippen molar-refractivity contribution >= 4 is 16.9 Å². The van der Waals surface area contributed by atoms with Crippen LogP contribution in [-0.2, 0) is 22.5 Å². The number of halogens is 1. The minimum absolute atomic E-state index is 0.290. The van der Waals surface area contributed by atoms with E-state index >= 15 is 0 Å². The van der Waals surface area contributed by atoms with Gasteiger partial charge in [0, 0.05) is 29.6 Å². The van der Waals surface area contributed by atoms with Gasteiger partial charge >= 0.3 is 5.97 Å². The van der Waals surface area contributed by atoms with Gasteiger partial charge in [-0.15, -0.1) is 0 Å². The summed E-state index contributed by atoms with van der Waals surface area (Å²) in [6, 6.07) is 11.8. The number of ether oxygens (including phenoxy) is 2. The molecule has 0 fully saturated rings. The number of aromatic nitrogens is 3. The Hall–Kier alpha value is -3.82. The molecule has 8 nitrogen and oxygen atoms in total. The summed E-state index contributed by atoms with van der Waals surface area (Å²) in [4.78, 5) is 18.3. The van der Waals surface area contributed by atoms with Crippen molar-refractivity contribution in [1.29, 1.82) is 0 Å². The lowest BCUT2D eigenvalue weighted by Gasteiger charge is -2.34. The number of carboxylic acid groups (broad SMARTS) is 1. The van der Waals surface area contributed by atoms with E-state index in [4.69, 9.17) is 9.47 Å². The molecule has 4 aromatic rings. The fraction of sp³-hybridized carbons (Fsp3) is 0.269. The van der Waals surface area contributed by atoms with Crippen LogP contribution in [-0.4, -0.2) is 63.6 Å². The zero-order valence-electron chi connectivity index (χ0n) is 18.8. The van der Waals surface area contributed by atoms with Gasteiger partial charge < -0.3 is 14.6 Å². The molecule has 178 valence electrons. The maximum atomic E-state index is 14.7. The van der Waals surface area contributed by atoms with Crippen LogP contribution in [0.1, 0.15) is 11.1 Å². The molecule has 0 saturated carbocycles. The zero-order chi connectivity index (χ0) is 23.9. The second-order valence-corrected chi connectivity index (χ2v) is 8.80. The van der Waals surface area contributed by atoms with Crippen LogP contribution < -0.4 is 4.74 Å². The fourth-order valence-corrected chi connectivity index (χ4v) is 4.84. The third-order valence-electron chi connectivity index (χ3n) is 6.67. The molecule has 2 N–H and O–H groups in total. The number of aliphatic carboxylic acids is 1. The quantitative estimate of drug-likeness (QED) is 0.434. The molecule has 2 aromatic heterocycles. The number of hydrogen-bond acceptors (Lipinski definition) is 6. The predicted octanol–water partition coefficient (Wildman–Crippen LogP) is 3.65. The Kier molecular flexibility index (Phi) is 5.43. The molecule has 2 atom stereocenters. The van der Waals surface area contributed by atoms with Gasteiger partial charge in [-0.1, -0.05) is 12.1 Å². The van der Waals surface area contributed by atoms with Crippen LogP contribution in [0, 0.1) is 5.82 Å². The molecule has 2 unspecified atom stereocenters. The molecule has 0 amide bonds. The van der Waals surface area contributed by atoms with Gasteiger partial charge in [0.2, 0.25) is 0 Å². The first-order chi connectivity index (χ1) is 17.1. The minimum atomic E-state index is -0.837. The molecule has 6 rings (SSSR count). The summed E-state index contributed by atoms with van der Waals surface area (Å²) in [6.45, 7) is 2.00. The van der Waals surface area contributed by atoms with E-state index in [2.05, 4.69) is 21.2 Å². The van der Waals surface area contributed by atoms with Crippen LogP contribution in [0.25, 0.3) is 33.4 Å².